The molecule has 2 rings (SSSR count). The molecule has 0 saturated heterocycles. The number of fused-ring (bicyclic) bond motifs is 1. The number of halogens is 2. The molecule has 0 spiro atoms. The van der Waals surface area contributed by atoms with E-state index in [2.05, 4.69) is 26.2 Å². The van der Waals surface area contributed by atoms with E-state index in [0.717, 1.165) is 17.8 Å². The Morgan fingerprint density at radius 1 is 1.50 bits per heavy atom. The highest BCUT2D eigenvalue weighted by molar-refractivity contribution is 9.10. The van der Waals surface area contributed by atoms with E-state index in [4.69, 9.17) is 0 Å². The highest BCUT2D eigenvalue weighted by Gasteiger charge is 2.12. The lowest BCUT2D eigenvalue weighted by Crippen LogP contribution is -2.00. The lowest BCUT2D eigenvalue weighted by Gasteiger charge is -2.10. The Morgan fingerprint density at radius 2 is 2.25 bits per heavy atom. The molecule has 4 heteroatoms. The summed E-state index contributed by atoms with van der Waals surface area (Å²) in [4.78, 5) is 4.22. The number of hydrogen-bond donors (Lipinski definition) is 1. The zero-order chi connectivity index (χ0) is 11.7. The first-order valence-corrected chi connectivity index (χ1v) is 5.91. The molecule has 0 atom stereocenters. The predicted molar refractivity (Wildman–Crippen MR) is 68.3 cm³/mol. The van der Waals surface area contributed by atoms with Crippen LogP contribution in [-0.4, -0.2) is 11.5 Å². The number of hydrogen-bond acceptors (Lipinski definition) is 2. The summed E-state index contributed by atoms with van der Waals surface area (Å²) in [6.07, 6.45) is 1.70. The number of pyridine rings is 1. The average molecular weight is 283 g/mol. The van der Waals surface area contributed by atoms with Gasteiger partial charge in [0.25, 0.3) is 0 Å². The zero-order valence-electron chi connectivity index (χ0n) is 9.14. The molecular formula is C12H12BrFN2. The molecule has 2 aromatic rings. The molecule has 1 aromatic carbocycles. The highest BCUT2D eigenvalue weighted by Crippen LogP contribution is 2.31. The third kappa shape index (κ3) is 1.78. The van der Waals surface area contributed by atoms with Crippen molar-refractivity contribution in [3.8, 4) is 0 Å². The molecule has 84 valence electrons. The van der Waals surface area contributed by atoms with Crippen molar-refractivity contribution in [2.45, 2.75) is 13.8 Å². The normalized spacial score (nSPS) is 10.8. The molecule has 0 unspecified atom stereocenters. The van der Waals surface area contributed by atoms with Crippen molar-refractivity contribution in [3.05, 3.63) is 34.2 Å². The van der Waals surface area contributed by atoms with Crippen molar-refractivity contribution < 1.29 is 4.39 Å². The van der Waals surface area contributed by atoms with E-state index in [9.17, 15) is 4.39 Å². The molecule has 0 aliphatic rings. The lowest BCUT2D eigenvalue weighted by molar-refractivity contribution is 0.633. The van der Waals surface area contributed by atoms with Crippen molar-refractivity contribution in [1.82, 2.24) is 4.98 Å². The molecule has 0 bridgehead atoms. The van der Waals surface area contributed by atoms with Crippen molar-refractivity contribution in [2.75, 3.05) is 11.9 Å². The minimum absolute atomic E-state index is 0.260. The number of aromatic nitrogens is 1. The van der Waals surface area contributed by atoms with Crippen LogP contribution in [0.3, 0.4) is 0 Å². The number of benzene rings is 1. The monoisotopic (exact) mass is 282 g/mol. The van der Waals surface area contributed by atoms with Gasteiger partial charge in [-0.1, -0.05) is 0 Å². The largest absolute Gasteiger partial charge is 0.385 e. The molecule has 0 aliphatic carbocycles. The Labute approximate surface area is 102 Å². The maximum atomic E-state index is 14.0. The maximum Gasteiger partial charge on any atom is 0.148 e. The molecule has 0 saturated carbocycles. The second-order valence-electron chi connectivity index (χ2n) is 3.60. The first-order valence-electron chi connectivity index (χ1n) is 5.12. The van der Waals surface area contributed by atoms with E-state index < -0.39 is 0 Å². The van der Waals surface area contributed by atoms with Crippen LogP contribution in [0.15, 0.2) is 22.8 Å². The molecule has 0 aliphatic heterocycles. The van der Waals surface area contributed by atoms with E-state index in [1.54, 1.807) is 18.3 Å². The van der Waals surface area contributed by atoms with Gasteiger partial charge in [0.05, 0.1) is 15.4 Å². The van der Waals surface area contributed by atoms with Gasteiger partial charge in [-0.05, 0) is 47.5 Å². The van der Waals surface area contributed by atoms with Gasteiger partial charge in [-0.15, -0.1) is 0 Å². The zero-order valence-corrected chi connectivity index (χ0v) is 10.7. The van der Waals surface area contributed by atoms with Gasteiger partial charge in [0.2, 0.25) is 0 Å². The van der Waals surface area contributed by atoms with Crippen molar-refractivity contribution >= 4 is 32.5 Å². The fraction of sp³-hybridized carbons (Fsp3) is 0.250. The minimum Gasteiger partial charge on any atom is -0.385 e. The molecule has 1 N–H and O–H groups in total. The summed E-state index contributed by atoms with van der Waals surface area (Å²) in [5.41, 5.74) is 2.46. The van der Waals surface area contributed by atoms with Crippen LogP contribution in [0.25, 0.3) is 10.9 Å². The number of aryl methyl sites for hydroxylation is 1. The standard InChI is InChI=1S/C12H12BrFN2/c1-3-15-9-4-5-16-12-7(2)6-8(13)11(14)10(9)12/h4-6H,3H2,1-2H3,(H,15,16). The second kappa shape index (κ2) is 4.37. The van der Waals surface area contributed by atoms with Crippen LogP contribution in [0, 0.1) is 12.7 Å². The van der Waals surface area contributed by atoms with Gasteiger partial charge in [-0.3, -0.25) is 4.98 Å². The Kier molecular flexibility index (Phi) is 3.10. The van der Waals surface area contributed by atoms with Gasteiger partial charge in [0.15, 0.2) is 0 Å². The van der Waals surface area contributed by atoms with Crippen molar-refractivity contribution in [1.29, 1.82) is 0 Å². The maximum absolute atomic E-state index is 14.0. The summed E-state index contributed by atoms with van der Waals surface area (Å²) in [6, 6.07) is 3.54. The van der Waals surface area contributed by atoms with Crippen LogP contribution >= 0.6 is 15.9 Å². The van der Waals surface area contributed by atoms with Gasteiger partial charge in [0.1, 0.15) is 5.82 Å². The summed E-state index contributed by atoms with van der Waals surface area (Å²) < 4.78 is 14.5. The van der Waals surface area contributed by atoms with Gasteiger partial charge in [0, 0.05) is 18.4 Å². The molecular weight excluding hydrogens is 271 g/mol. The second-order valence-corrected chi connectivity index (χ2v) is 4.46. The molecule has 1 heterocycles. The molecule has 0 radical (unpaired) electrons. The summed E-state index contributed by atoms with van der Waals surface area (Å²) >= 11 is 3.22. The SMILES string of the molecule is CCNc1ccnc2c(C)cc(Br)c(F)c12. The third-order valence-electron chi connectivity index (χ3n) is 2.46. The molecule has 16 heavy (non-hydrogen) atoms. The van der Waals surface area contributed by atoms with E-state index in [-0.39, 0.29) is 5.82 Å². The van der Waals surface area contributed by atoms with Crippen LogP contribution in [0.2, 0.25) is 0 Å². The van der Waals surface area contributed by atoms with Crippen molar-refractivity contribution in [3.63, 3.8) is 0 Å². The van der Waals surface area contributed by atoms with Crippen LogP contribution in [0.5, 0.6) is 0 Å². The Bertz CT molecular complexity index is 540. The van der Waals surface area contributed by atoms with E-state index in [0.29, 0.717) is 15.4 Å². The van der Waals surface area contributed by atoms with Crippen LogP contribution < -0.4 is 5.32 Å². The van der Waals surface area contributed by atoms with Crippen LogP contribution in [0.4, 0.5) is 10.1 Å². The van der Waals surface area contributed by atoms with Gasteiger partial charge < -0.3 is 5.32 Å². The number of nitrogens with one attached hydrogen (secondary N) is 1. The van der Waals surface area contributed by atoms with Gasteiger partial charge >= 0.3 is 0 Å². The van der Waals surface area contributed by atoms with Gasteiger partial charge in [-0.2, -0.15) is 0 Å². The predicted octanol–water partition coefficient (Wildman–Crippen LogP) is 3.88. The fourth-order valence-corrected chi connectivity index (χ4v) is 2.30. The quantitative estimate of drug-likeness (QED) is 0.904. The smallest absolute Gasteiger partial charge is 0.148 e. The summed E-state index contributed by atoms with van der Waals surface area (Å²) in [6.45, 7) is 4.66. The Morgan fingerprint density at radius 3 is 2.94 bits per heavy atom. The summed E-state index contributed by atoms with van der Waals surface area (Å²) in [7, 11) is 0. The Hall–Kier alpha value is -1.16. The molecule has 0 amide bonds. The lowest BCUT2D eigenvalue weighted by atomic mass is 10.1. The molecule has 2 nitrogen and oxygen atoms in total. The number of anilines is 1. The summed E-state index contributed by atoms with van der Waals surface area (Å²) in [5.74, 6) is -0.260. The van der Waals surface area contributed by atoms with Crippen molar-refractivity contribution in [2.24, 2.45) is 0 Å². The first kappa shape index (κ1) is 11.3. The van der Waals surface area contributed by atoms with E-state index in [1.165, 1.54) is 0 Å². The van der Waals surface area contributed by atoms with E-state index in [1.807, 2.05) is 13.8 Å². The molecule has 1 aromatic heterocycles. The number of nitrogens with zero attached hydrogens (tertiary/aromatic N) is 1. The van der Waals surface area contributed by atoms with Crippen LogP contribution in [0.1, 0.15) is 12.5 Å². The van der Waals surface area contributed by atoms with E-state index >= 15 is 0 Å². The average Bonchev–Trinajstić information content (AvgIpc) is 2.26. The fourth-order valence-electron chi connectivity index (χ4n) is 1.76. The Balaban J connectivity index is 2.84. The topological polar surface area (TPSA) is 24.9 Å². The van der Waals surface area contributed by atoms with Crippen LogP contribution in [-0.2, 0) is 0 Å². The third-order valence-corrected chi connectivity index (χ3v) is 3.04. The number of rotatable bonds is 2. The first-order chi connectivity index (χ1) is 7.65. The molecule has 0 fully saturated rings. The minimum atomic E-state index is -0.260. The summed E-state index contributed by atoms with van der Waals surface area (Å²) in [5, 5.41) is 3.70. The van der Waals surface area contributed by atoms with Gasteiger partial charge in [-0.25, -0.2) is 4.39 Å². The highest BCUT2D eigenvalue weighted by atomic mass is 79.9.